The fourth-order valence-electron chi connectivity index (χ4n) is 3.13. The van der Waals surface area contributed by atoms with Gasteiger partial charge in [0.15, 0.2) is 5.43 Å². The van der Waals surface area contributed by atoms with Crippen molar-refractivity contribution in [2.45, 2.75) is 6.04 Å². The minimum Gasteiger partial charge on any atom is -0.450 e. The highest BCUT2D eigenvalue weighted by Crippen LogP contribution is 2.37. The van der Waals surface area contributed by atoms with E-state index < -0.39 is 6.04 Å². The van der Waals surface area contributed by atoms with Crippen molar-refractivity contribution in [1.82, 2.24) is 4.90 Å². The minimum atomic E-state index is -0.536. The van der Waals surface area contributed by atoms with Gasteiger partial charge in [-0.1, -0.05) is 35.3 Å². The van der Waals surface area contributed by atoms with Gasteiger partial charge in [0.2, 0.25) is 5.76 Å². The molecule has 0 saturated carbocycles. The summed E-state index contributed by atoms with van der Waals surface area (Å²) in [6, 6.07) is 11.3. The summed E-state index contributed by atoms with van der Waals surface area (Å²) >= 11 is 12.1. The molecule has 0 unspecified atom stereocenters. The zero-order valence-corrected chi connectivity index (χ0v) is 14.1. The molecule has 6 heteroatoms. The van der Waals surface area contributed by atoms with Crippen LogP contribution in [0.1, 0.15) is 27.7 Å². The smallest absolute Gasteiger partial charge is 0.290 e. The van der Waals surface area contributed by atoms with E-state index in [4.69, 9.17) is 27.6 Å². The molecule has 0 saturated heterocycles. The van der Waals surface area contributed by atoms with E-state index in [1.807, 2.05) is 6.07 Å². The quantitative estimate of drug-likeness (QED) is 0.651. The molecule has 1 aromatic heterocycles. The molecule has 1 atom stereocenters. The average molecular weight is 360 g/mol. The van der Waals surface area contributed by atoms with E-state index >= 15 is 0 Å². The van der Waals surface area contributed by atoms with Gasteiger partial charge in [-0.25, -0.2) is 0 Å². The van der Waals surface area contributed by atoms with Crippen LogP contribution in [0.15, 0.2) is 51.7 Å². The predicted octanol–water partition coefficient (Wildman–Crippen LogP) is 4.27. The molecule has 1 amide bonds. The molecule has 4 nitrogen and oxygen atoms in total. The van der Waals surface area contributed by atoms with Gasteiger partial charge in [-0.3, -0.25) is 9.59 Å². The van der Waals surface area contributed by atoms with E-state index in [2.05, 4.69) is 0 Å². The topological polar surface area (TPSA) is 50.5 Å². The molecule has 0 bridgehead atoms. The summed E-state index contributed by atoms with van der Waals surface area (Å²) in [7, 11) is 1.64. The maximum atomic E-state index is 13.0. The van der Waals surface area contributed by atoms with E-state index in [-0.39, 0.29) is 17.1 Å². The molecule has 2 aromatic carbocycles. The highest BCUT2D eigenvalue weighted by Gasteiger charge is 2.40. The largest absolute Gasteiger partial charge is 0.450 e. The van der Waals surface area contributed by atoms with Crippen LogP contribution in [0.25, 0.3) is 11.0 Å². The second-order valence-electron chi connectivity index (χ2n) is 5.69. The zero-order chi connectivity index (χ0) is 17.0. The van der Waals surface area contributed by atoms with Crippen LogP contribution in [0.2, 0.25) is 10.0 Å². The van der Waals surface area contributed by atoms with Gasteiger partial charge < -0.3 is 9.32 Å². The van der Waals surface area contributed by atoms with Crippen molar-refractivity contribution in [3.63, 3.8) is 0 Å². The molecule has 1 aliphatic rings. The Kier molecular flexibility index (Phi) is 3.41. The summed E-state index contributed by atoms with van der Waals surface area (Å²) in [5.41, 5.74) is 1.17. The van der Waals surface area contributed by atoms with Crippen LogP contribution < -0.4 is 5.43 Å². The standard InChI is InChI=1S/C18H11Cl2NO3/c1-21-15(9-3-2-4-10(19)7-9)14-16(22)12-8-11(20)5-6-13(12)24-17(14)18(21)23/h2-8,15H,1H3/t15-/m1/s1. The number of benzene rings is 2. The number of halogens is 2. The van der Waals surface area contributed by atoms with Crippen molar-refractivity contribution in [3.05, 3.63) is 79.6 Å². The first-order chi connectivity index (χ1) is 11.5. The molecule has 24 heavy (non-hydrogen) atoms. The molecule has 1 aliphatic heterocycles. The number of carbonyl (C=O) groups is 1. The maximum Gasteiger partial charge on any atom is 0.290 e. The summed E-state index contributed by atoms with van der Waals surface area (Å²) in [6.45, 7) is 0. The van der Waals surface area contributed by atoms with Crippen LogP contribution in [0, 0.1) is 0 Å². The first-order valence-corrected chi connectivity index (χ1v) is 8.02. The first-order valence-electron chi connectivity index (χ1n) is 7.26. The molecule has 0 spiro atoms. The van der Waals surface area contributed by atoms with E-state index in [0.717, 1.165) is 5.56 Å². The van der Waals surface area contributed by atoms with Crippen LogP contribution in [0.4, 0.5) is 0 Å². The predicted molar refractivity (Wildman–Crippen MR) is 92.9 cm³/mol. The molecule has 0 N–H and O–H groups in total. The van der Waals surface area contributed by atoms with Gasteiger partial charge in [-0.15, -0.1) is 0 Å². The van der Waals surface area contributed by atoms with Crippen LogP contribution in [0.3, 0.4) is 0 Å². The van der Waals surface area contributed by atoms with Gasteiger partial charge >= 0.3 is 0 Å². The Labute approximate surface area is 147 Å². The Balaban J connectivity index is 2.05. The molecule has 2 heterocycles. The molecular weight excluding hydrogens is 349 g/mol. The van der Waals surface area contributed by atoms with Gasteiger partial charge in [0.1, 0.15) is 5.58 Å². The minimum absolute atomic E-state index is 0.0716. The number of fused-ring (bicyclic) bond motifs is 2. The SMILES string of the molecule is CN1C(=O)c2oc3ccc(Cl)cc3c(=O)c2[C@H]1c1cccc(Cl)c1. The summed E-state index contributed by atoms with van der Waals surface area (Å²) < 4.78 is 5.72. The van der Waals surface area contributed by atoms with Crippen molar-refractivity contribution >= 4 is 40.1 Å². The lowest BCUT2D eigenvalue weighted by molar-refractivity contribution is 0.0771. The van der Waals surface area contributed by atoms with Crippen molar-refractivity contribution in [1.29, 1.82) is 0 Å². The van der Waals surface area contributed by atoms with Gasteiger partial charge in [-0.05, 0) is 35.9 Å². The van der Waals surface area contributed by atoms with Crippen molar-refractivity contribution < 1.29 is 9.21 Å². The third-order valence-electron chi connectivity index (χ3n) is 4.23. The van der Waals surface area contributed by atoms with Crippen LogP contribution in [0.5, 0.6) is 0 Å². The summed E-state index contributed by atoms with van der Waals surface area (Å²) in [4.78, 5) is 27.1. The number of hydrogen-bond donors (Lipinski definition) is 0. The Bertz CT molecular complexity index is 1060. The van der Waals surface area contributed by atoms with Gasteiger partial charge in [0, 0.05) is 17.1 Å². The number of hydrogen-bond acceptors (Lipinski definition) is 3. The lowest BCUT2D eigenvalue weighted by Crippen LogP contribution is -2.25. The zero-order valence-electron chi connectivity index (χ0n) is 12.5. The van der Waals surface area contributed by atoms with E-state index in [9.17, 15) is 9.59 Å². The maximum absolute atomic E-state index is 13.0. The second kappa shape index (κ2) is 5.36. The molecule has 0 fully saturated rings. The van der Waals surface area contributed by atoms with E-state index in [0.29, 0.717) is 26.6 Å². The number of nitrogens with zero attached hydrogens (tertiary/aromatic N) is 1. The first kappa shape index (κ1) is 15.2. The number of rotatable bonds is 1. The highest BCUT2D eigenvalue weighted by molar-refractivity contribution is 6.31. The van der Waals surface area contributed by atoms with Crippen molar-refractivity contribution in [2.24, 2.45) is 0 Å². The Hall–Kier alpha value is -2.30. The summed E-state index contributed by atoms with van der Waals surface area (Å²) in [5, 5.41) is 1.33. The van der Waals surface area contributed by atoms with Crippen LogP contribution in [-0.4, -0.2) is 17.9 Å². The lowest BCUT2D eigenvalue weighted by Gasteiger charge is -2.20. The summed E-state index contributed by atoms with van der Waals surface area (Å²) in [6.07, 6.45) is 0. The molecule has 4 rings (SSSR count). The Morgan fingerprint density at radius 2 is 1.79 bits per heavy atom. The average Bonchev–Trinajstić information content (AvgIpc) is 2.81. The third kappa shape index (κ3) is 2.14. The summed E-state index contributed by atoms with van der Waals surface area (Å²) in [5.74, 6) is -0.258. The molecule has 3 aromatic rings. The van der Waals surface area contributed by atoms with Gasteiger partial charge in [-0.2, -0.15) is 0 Å². The van der Waals surface area contributed by atoms with Crippen molar-refractivity contribution in [2.75, 3.05) is 7.05 Å². The van der Waals surface area contributed by atoms with Crippen LogP contribution >= 0.6 is 23.2 Å². The molecule has 0 aliphatic carbocycles. The molecular formula is C18H11Cl2NO3. The molecule has 120 valence electrons. The highest BCUT2D eigenvalue weighted by atomic mass is 35.5. The monoisotopic (exact) mass is 359 g/mol. The lowest BCUT2D eigenvalue weighted by atomic mass is 9.99. The number of carbonyl (C=O) groups excluding carboxylic acids is 1. The van der Waals surface area contributed by atoms with Crippen molar-refractivity contribution in [3.8, 4) is 0 Å². The Morgan fingerprint density at radius 1 is 1.04 bits per heavy atom. The molecule has 0 radical (unpaired) electrons. The van der Waals surface area contributed by atoms with E-state index in [1.165, 1.54) is 4.90 Å². The fourth-order valence-corrected chi connectivity index (χ4v) is 3.50. The van der Waals surface area contributed by atoms with Crippen LogP contribution in [-0.2, 0) is 0 Å². The van der Waals surface area contributed by atoms with Gasteiger partial charge in [0.05, 0.1) is 17.0 Å². The van der Waals surface area contributed by atoms with E-state index in [1.54, 1.807) is 43.4 Å². The fraction of sp³-hybridized carbons (Fsp3) is 0.111. The normalized spacial score (nSPS) is 16.7. The van der Waals surface area contributed by atoms with Gasteiger partial charge in [0.25, 0.3) is 5.91 Å². The number of amides is 1. The third-order valence-corrected chi connectivity index (χ3v) is 4.70. The second-order valence-corrected chi connectivity index (χ2v) is 6.56. The Morgan fingerprint density at radius 3 is 2.54 bits per heavy atom.